The molecule has 1 atom stereocenters. The van der Waals surface area contributed by atoms with Gasteiger partial charge in [-0.1, -0.05) is 0 Å². The van der Waals surface area contributed by atoms with E-state index in [4.69, 9.17) is 16.2 Å². The highest BCUT2D eigenvalue weighted by Crippen LogP contribution is 2.30. The lowest BCUT2D eigenvalue weighted by atomic mass is 9.97. The Morgan fingerprint density at radius 3 is 2.93 bits per heavy atom. The number of amides is 1. The van der Waals surface area contributed by atoms with E-state index in [1.54, 1.807) is 0 Å². The number of hydrogen-bond acceptors (Lipinski definition) is 3. The highest BCUT2D eigenvalue weighted by Gasteiger charge is 2.24. The van der Waals surface area contributed by atoms with Gasteiger partial charge in [0, 0.05) is 17.2 Å². The van der Waals surface area contributed by atoms with E-state index in [1.807, 2.05) is 0 Å². The molecule has 1 heterocycles. The standard InChI is InChI=1S/C10H11FN2O2/c11-8-2-1-6(10(13)14)7-3-5(12)4-15-9(7)8/h1-2,5H,3-4,12H2,(H2,13,14)/t5-/m1/s1. The number of primary amides is 1. The van der Waals surface area contributed by atoms with Crippen molar-refractivity contribution in [1.29, 1.82) is 0 Å². The Hall–Kier alpha value is -1.62. The molecule has 80 valence electrons. The number of ether oxygens (including phenoxy) is 1. The second kappa shape index (κ2) is 3.51. The summed E-state index contributed by atoms with van der Waals surface area (Å²) >= 11 is 0. The molecule has 0 aromatic heterocycles. The smallest absolute Gasteiger partial charge is 0.249 e. The largest absolute Gasteiger partial charge is 0.489 e. The molecule has 1 aromatic carbocycles. The summed E-state index contributed by atoms with van der Waals surface area (Å²) in [6.07, 6.45) is 0.408. The zero-order valence-corrected chi connectivity index (χ0v) is 8.00. The molecular weight excluding hydrogens is 199 g/mol. The number of benzene rings is 1. The minimum Gasteiger partial charge on any atom is -0.489 e. The van der Waals surface area contributed by atoms with Gasteiger partial charge >= 0.3 is 0 Å². The van der Waals surface area contributed by atoms with Crippen LogP contribution in [0.4, 0.5) is 4.39 Å². The SMILES string of the molecule is NC(=O)c1ccc(F)c2c1C[C@@H](N)CO2. The van der Waals surface area contributed by atoms with Crippen molar-refractivity contribution >= 4 is 5.91 Å². The Morgan fingerprint density at radius 1 is 1.53 bits per heavy atom. The molecule has 0 saturated carbocycles. The molecule has 4 nitrogen and oxygen atoms in total. The lowest BCUT2D eigenvalue weighted by Crippen LogP contribution is -2.35. The third kappa shape index (κ3) is 1.66. The minimum absolute atomic E-state index is 0.105. The van der Waals surface area contributed by atoms with Crippen LogP contribution in [-0.4, -0.2) is 18.6 Å². The summed E-state index contributed by atoms with van der Waals surface area (Å²) in [7, 11) is 0. The van der Waals surface area contributed by atoms with Crippen LogP contribution in [0, 0.1) is 5.82 Å². The topological polar surface area (TPSA) is 78.3 Å². The summed E-state index contributed by atoms with van der Waals surface area (Å²) in [5.41, 5.74) is 11.6. The lowest BCUT2D eigenvalue weighted by Gasteiger charge is -2.24. The van der Waals surface area contributed by atoms with Crippen molar-refractivity contribution in [3.63, 3.8) is 0 Å². The summed E-state index contributed by atoms with van der Waals surface area (Å²) in [5.74, 6) is -0.973. The molecule has 1 aliphatic heterocycles. The van der Waals surface area contributed by atoms with E-state index >= 15 is 0 Å². The second-order valence-electron chi connectivity index (χ2n) is 3.54. The average Bonchev–Trinajstić information content (AvgIpc) is 2.17. The van der Waals surface area contributed by atoms with Crippen LogP contribution in [0.3, 0.4) is 0 Å². The molecule has 1 amide bonds. The molecule has 0 saturated heterocycles. The number of hydrogen-bond donors (Lipinski definition) is 2. The number of carbonyl (C=O) groups excluding carboxylic acids is 1. The van der Waals surface area contributed by atoms with E-state index in [9.17, 15) is 9.18 Å². The summed E-state index contributed by atoms with van der Waals surface area (Å²) < 4.78 is 18.5. The van der Waals surface area contributed by atoms with Gasteiger partial charge in [0.15, 0.2) is 11.6 Å². The van der Waals surface area contributed by atoms with Gasteiger partial charge < -0.3 is 16.2 Å². The third-order valence-electron chi connectivity index (χ3n) is 2.39. The molecule has 0 bridgehead atoms. The van der Waals surface area contributed by atoms with E-state index in [0.29, 0.717) is 12.0 Å². The maximum atomic E-state index is 13.3. The van der Waals surface area contributed by atoms with Crippen LogP contribution in [-0.2, 0) is 6.42 Å². The minimum atomic E-state index is -0.594. The van der Waals surface area contributed by atoms with Gasteiger partial charge in [0.2, 0.25) is 5.91 Å². The van der Waals surface area contributed by atoms with Gasteiger partial charge in [-0.25, -0.2) is 4.39 Å². The zero-order chi connectivity index (χ0) is 11.0. The monoisotopic (exact) mass is 210 g/mol. The number of carbonyl (C=O) groups is 1. The van der Waals surface area contributed by atoms with E-state index in [0.717, 1.165) is 0 Å². The summed E-state index contributed by atoms with van der Waals surface area (Å²) in [4.78, 5) is 11.1. The first kappa shape index (κ1) is 9.92. The van der Waals surface area contributed by atoms with Crippen LogP contribution in [0.5, 0.6) is 5.75 Å². The summed E-state index contributed by atoms with van der Waals surface area (Å²) in [6, 6.07) is 2.31. The van der Waals surface area contributed by atoms with Crippen molar-refractivity contribution in [1.82, 2.24) is 0 Å². The first-order chi connectivity index (χ1) is 7.09. The maximum Gasteiger partial charge on any atom is 0.249 e. The normalized spacial score (nSPS) is 19.2. The molecule has 0 aliphatic carbocycles. The number of rotatable bonds is 1. The van der Waals surface area contributed by atoms with Gasteiger partial charge in [-0.15, -0.1) is 0 Å². The molecule has 1 aromatic rings. The Kier molecular flexibility index (Phi) is 2.32. The van der Waals surface area contributed by atoms with Crippen molar-refractivity contribution in [3.05, 3.63) is 29.1 Å². The third-order valence-corrected chi connectivity index (χ3v) is 2.39. The van der Waals surface area contributed by atoms with E-state index in [-0.39, 0.29) is 24.0 Å². The average molecular weight is 210 g/mol. The van der Waals surface area contributed by atoms with E-state index in [2.05, 4.69) is 0 Å². The van der Waals surface area contributed by atoms with Gasteiger partial charge in [-0.3, -0.25) is 4.79 Å². The van der Waals surface area contributed by atoms with Gasteiger partial charge in [0.05, 0.1) is 0 Å². The van der Waals surface area contributed by atoms with Gasteiger partial charge in [0.25, 0.3) is 0 Å². The maximum absolute atomic E-state index is 13.3. The molecule has 2 rings (SSSR count). The van der Waals surface area contributed by atoms with Crippen molar-refractivity contribution < 1.29 is 13.9 Å². The molecule has 0 spiro atoms. The Morgan fingerprint density at radius 2 is 2.27 bits per heavy atom. The Balaban J connectivity index is 2.56. The second-order valence-corrected chi connectivity index (χ2v) is 3.54. The van der Waals surface area contributed by atoms with Crippen LogP contribution in [0.1, 0.15) is 15.9 Å². The lowest BCUT2D eigenvalue weighted by molar-refractivity contribution is 0.0997. The molecule has 15 heavy (non-hydrogen) atoms. The van der Waals surface area contributed by atoms with Crippen LogP contribution in [0.15, 0.2) is 12.1 Å². The predicted octanol–water partition coefficient (Wildman–Crippen LogP) is 0.187. The Bertz CT molecular complexity index is 420. The molecular formula is C10H11FN2O2. The summed E-state index contributed by atoms with van der Waals surface area (Å²) in [5, 5.41) is 0. The number of fused-ring (bicyclic) bond motifs is 1. The van der Waals surface area contributed by atoms with Gasteiger partial charge in [0.1, 0.15) is 6.61 Å². The molecule has 4 N–H and O–H groups in total. The predicted molar refractivity (Wildman–Crippen MR) is 52.1 cm³/mol. The van der Waals surface area contributed by atoms with Crippen LogP contribution >= 0.6 is 0 Å². The highest BCUT2D eigenvalue weighted by atomic mass is 19.1. The molecule has 0 unspecified atom stereocenters. The number of nitrogens with two attached hydrogens (primary N) is 2. The highest BCUT2D eigenvalue weighted by molar-refractivity contribution is 5.95. The first-order valence-corrected chi connectivity index (χ1v) is 4.59. The van der Waals surface area contributed by atoms with Crippen LogP contribution in [0.25, 0.3) is 0 Å². The van der Waals surface area contributed by atoms with E-state index in [1.165, 1.54) is 12.1 Å². The first-order valence-electron chi connectivity index (χ1n) is 4.59. The summed E-state index contributed by atoms with van der Waals surface area (Å²) in [6.45, 7) is 0.256. The van der Waals surface area contributed by atoms with Crippen molar-refractivity contribution in [3.8, 4) is 5.75 Å². The Labute approximate surface area is 86.0 Å². The number of halogens is 1. The fraction of sp³-hybridized carbons (Fsp3) is 0.300. The van der Waals surface area contributed by atoms with Crippen molar-refractivity contribution in [2.75, 3.05) is 6.61 Å². The van der Waals surface area contributed by atoms with Gasteiger partial charge in [-0.2, -0.15) is 0 Å². The molecule has 1 aliphatic rings. The van der Waals surface area contributed by atoms with Crippen molar-refractivity contribution in [2.24, 2.45) is 11.5 Å². The molecule has 5 heteroatoms. The quantitative estimate of drug-likeness (QED) is 0.694. The van der Waals surface area contributed by atoms with Crippen molar-refractivity contribution in [2.45, 2.75) is 12.5 Å². The van der Waals surface area contributed by atoms with Crippen LogP contribution < -0.4 is 16.2 Å². The molecule has 0 fully saturated rings. The van der Waals surface area contributed by atoms with Gasteiger partial charge in [-0.05, 0) is 18.6 Å². The fourth-order valence-electron chi connectivity index (χ4n) is 1.70. The van der Waals surface area contributed by atoms with E-state index < -0.39 is 11.7 Å². The molecule has 0 radical (unpaired) electrons. The van der Waals surface area contributed by atoms with Crippen LogP contribution in [0.2, 0.25) is 0 Å². The zero-order valence-electron chi connectivity index (χ0n) is 8.00. The fourth-order valence-corrected chi connectivity index (χ4v) is 1.70.